The van der Waals surface area contributed by atoms with Crippen LogP contribution in [0.4, 0.5) is 11.8 Å². The van der Waals surface area contributed by atoms with Crippen molar-refractivity contribution in [3.8, 4) is 0 Å². The number of hydrogen-bond donors (Lipinski definition) is 3. The summed E-state index contributed by atoms with van der Waals surface area (Å²) in [6.07, 6.45) is 3.97. The van der Waals surface area contributed by atoms with Crippen molar-refractivity contribution in [3.63, 3.8) is 0 Å². The van der Waals surface area contributed by atoms with Gasteiger partial charge >= 0.3 is 0 Å². The van der Waals surface area contributed by atoms with Crippen molar-refractivity contribution in [1.29, 1.82) is 0 Å². The van der Waals surface area contributed by atoms with Crippen LogP contribution >= 0.6 is 11.6 Å². The van der Waals surface area contributed by atoms with Crippen LogP contribution in [0.2, 0.25) is 5.02 Å². The lowest BCUT2D eigenvalue weighted by Gasteiger charge is -2.42. The number of fused-ring (bicyclic) bond motifs is 1. The predicted molar refractivity (Wildman–Crippen MR) is 76.3 cm³/mol. The van der Waals surface area contributed by atoms with Gasteiger partial charge in [0, 0.05) is 25.6 Å². The normalized spacial score (nSPS) is 25.9. The van der Waals surface area contributed by atoms with Crippen LogP contribution in [-0.2, 0) is 4.79 Å². The molecule has 0 aliphatic carbocycles. The van der Waals surface area contributed by atoms with Crippen molar-refractivity contribution in [2.24, 2.45) is 11.8 Å². The minimum atomic E-state index is 0.161. The number of piperidine rings is 2. The van der Waals surface area contributed by atoms with Crippen molar-refractivity contribution in [2.75, 3.05) is 23.4 Å². The molecule has 108 valence electrons. The van der Waals surface area contributed by atoms with E-state index in [0.717, 1.165) is 25.9 Å². The van der Waals surface area contributed by atoms with Gasteiger partial charge in [-0.1, -0.05) is 11.6 Å². The van der Waals surface area contributed by atoms with Crippen LogP contribution in [0.5, 0.6) is 0 Å². The second kappa shape index (κ2) is 5.41. The molecule has 0 radical (unpaired) electrons. The van der Waals surface area contributed by atoms with E-state index in [0.29, 0.717) is 29.1 Å². The third-order valence-electron chi connectivity index (χ3n) is 3.98. The number of nitrogens with zero attached hydrogens (tertiary/aromatic N) is 3. The molecule has 4 N–H and O–H groups in total. The summed E-state index contributed by atoms with van der Waals surface area (Å²) in [5.41, 5.74) is 2.43. The Balaban J connectivity index is 1.77. The highest BCUT2D eigenvalue weighted by molar-refractivity contribution is 6.32. The summed E-state index contributed by atoms with van der Waals surface area (Å²) in [7, 11) is 0. The van der Waals surface area contributed by atoms with Gasteiger partial charge in [0.05, 0.1) is 6.20 Å². The molecule has 1 aromatic heterocycles. The number of halogens is 1. The zero-order valence-electron chi connectivity index (χ0n) is 11.0. The molecule has 2 aliphatic rings. The number of nitrogens with two attached hydrogens (primary N) is 1. The number of anilines is 2. The quantitative estimate of drug-likeness (QED) is 0.544. The topological polar surface area (TPSA) is 96.2 Å². The fourth-order valence-corrected chi connectivity index (χ4v) is 3.16. The molecule has 0 spiro atoms. The van der Waals surface area contributed by atoms with Crippen LogP contribution in [0.15, 0.2) is 6.20 Å². The number of carbonyl (C=O) groups is 1. The maximum absolute atomic E-state index is 11.4. The number of nitrogen functional groups attached to an aromatic ring is 1. The van der Waals surface area contributed by atoms with Crippen LogP contribution in [0, 0.1) is 5.92 Å². The minimum absolute atomic E-state index is 0.161. The Hall–Kier alpha value is -1.60. The van der Waals surface area contributed by atoms with Crippen molar-refractivity contribution in [3.05, 3.63) is 11.2 Å². The molecular weight excluding hydrogens is 280 g/mol. The molecule has 7 nitrogen and oxygen atoms in total. The van der Waals surface area contributed by atoms with Crippen LogP contribution < -0.4 is 21.5 Å². The second-order valence-corrected chi connectivity index (χ2v) is 5.62. The molecule has 2 saturated heterocycles. The molecule has 0 saturated carbocycles. The average molecular weight is 297 g/mol. The van der Waals surface area contributed by atoms with E-state index in [1.54, 1.807) is 6.20 Å². The fraction of sp³-hybridized carbons (Fsp3) is 0.583. The standard InChI is InChI=1S/C12H17ClN6O/c13-8-5-15-12(18-14)17-11(8)19-4-3-9-7(6-19)1-2-10(20)16-9/h5,7,9H,1-4,6,14H2,(H,16,20)(H,15,17,18). The van der Waals surface area contributed by atoms with Gasteiger partial charge in [0.2, 0.25) is 11.9 Å². The van der Waals surface area contributed by atoms with Gasteiger partial charge in [0.25, 0.3) is 0 Å². The van der Waals surface area contributed by atoms with Gasteiger partial charge in [0.15, 0.2) is 5.82 Å². The highest BCUT2D eigenvalue weighted by Crippen LogP contribution is 2.31. The molecule has 1 amide bonds. The first-order valence-corrected chi connectivity index (χ1v) is 7.08. The molecule has 2 aliphatic heterocycles. The highest BCUT2D eigenvalue weighted by Gasteiger charge is 2.34. The minimum Gasteiger partial charge on any atom is -0.355 e. The van der Waals surface area contributed by atoms with E-state index in [1.165, 1.54) is 0 Å². The summed E-state index contributed by atoms with van der Waals surface area (Å²) in [5, 5.41) is 3.58. The Morgan fingerprint density at radius 3 is 3.15 bits per heavy atom. The van der Waals surface area contributed by atoms with Crippen molar-refractivity contribution in [1.82, 2.24) is 15.3 Å². The largest absolute Gasteiger partial charge is 0.355 e. The van der Waals surface area contributed by atoms with Crippen molar-refractivity contribution >= 4 is 29.3 Å². The molecule has 1 aromatic rings. The number of hydrogen-bond acceptors (Lipinski definition) is 6. The third-order valence-corrected chi connectivity index (χ3v) is 4.24. The number of amides is 1. The Morgan fingerprint density at radius 1 is 1.50 bits per heavy atom. The first-order valence-electron chi connectivity index (χ1n) is 6.71. The second-order valence-electron chi connectivity index (χ2n) is 5.22. The third kappa shape index (κ3) is 2.51. The van der Waals surface area contributed by atoms with E-state index in [9.17, 15) is 4.79 Å². The fourth-order valence-electron chi connectivity index (χ4n) is 2.95. The summed E-state index contributed by atoms with van der Waals surface area (Å²) in [4.78, 5) is 21.9. The van der Waals surface area contributed by atoms with E-state index in [2.05, 4.69) is 25.6 Å². The van der Waals surface area contributed by atoms with Crippen molar-refractivity contribution < 1.29 is 4.79 Å². The van der Waals surface area contributed by atoms with Crippen LogP contribution in [0.1, 0.15) is 19.3 Å². The van der Waals surface area contributed by atoms with Gasteiger partial charge in [-0.2, -0.15) is 4.98 Å². The molecule has 2 atom stereocenters. The van der Waals surface area contributed by atoms with Crippen LogP contribution in [0.3, 0.4) is 0 Å². The Kier molecular flexibility index (Phi) is 3.62. The zero-order chi connectivity index (χ0) is 14.1. The van der Waals surface area contributed by atoms with Gasteiger partial charge in [-0.25, -0.2) is 10.8 Å². The summed E-state index contributed by atoms with van der Waals surface area (Å²) in [6.45, 7) is 1.65. The average Bonchev–Trinajstić information content (AvgIpc) is 2.47. The first kappa shape index (κ1) is 13.4. The molecular formula is C12H17ClN6O. The number of carbonyl (C=O) groups excluding carboxylic acids is 1. The smallest absolute Gasteiger partial charge is 0.239 e. The first-order chi connectivity index (χ1) is 9.67. The van der Waals surface area contributed by atoms with E-state index in [4.69, 9.17) is 17.4 Å². The molecule has 0 aromatic carbocycles. The summed E-state index contributed by atoms with van der Waals surface area (Å²) < 4.78 is 0. The van der Waals surface area contributed by atoms with E-state index in [1.807, 2.05) is 0 Å². The van der Waals surface area contributed by atoms with Gasteiger partial charge in [-0.3, -0.25) is 10.2 Å². The molecule has 3 heterocycles. The number of rotatable bonds is 2. The summed E-state index contributed by atoms with van der Waals surface area (Å²) in [6, 6.07) is 0.278. The Morgan fingerprint density at radius 2 is 2.35 bits per heavy atom. The Labute approximate surface area is 121 Å². The molecule has 0 bridgehead atoms. The van der Waals surface area contributed by atoms with Crippen molar-refractivity contribution in [2.45, 2.75) is 25.3 Å². The maximum atomic E-state index is 11.4. The molecule has 20 heavy (non-hydrogen) atoms. The lowest BCUT2D eigenvalue weighted by atomic mass is 9.85. The van der Waals surface area contributed by atoms with Gasteiger partial charge in [0.1, 0.15) is 5.02 Å². The lowest BCUT2D eigenvalue weighted by molar-refractivity contribution is -0.124. The highest BCUT2D eigenvalue weighted by atomic mass is 35.5. The Bertz CT molecular complexity index is 525. The SMILES string of the molecule is NNc1ncc(Cl)c(N2CCC3NC(=O)CCC3C2)n1. The van der Waals surface area contributed by atoms with E-state index < -0.39 is 0 Å². The number of aromatic nitrogens is 2. The van der Waals surface area contributed by atoms with Gasteiger partial charge in [-0.15, -0.1) is 0 Å². The molecule has 8 heteroatoms. The zero-order valence-corrected chi connectivity index (χ0v) is 11.7. The van der Waals surface area contributed by atoms with Crippen LogP contribution in [0.25, 0.3) is 0 Å². The number of nitrogens with one attached hydrogen (secondary N) is 2. The monoisotopic (exact) mass is 296 g/mol. The molecule has 3 rings (SSSR count). The van der Waals surface area contributed by atoms with Gasteiger partial charge < -0.3 is 10.2 Å². The summed E-state index contributed by atoms with van der Waals surface area (Å²) >= 11 is 6.18. The number of hydrazine groups is 1. The lowest BCUT2D eigenvalue weighted by Crippen LogP contribution is -2.54. The van der Waals surface area contributed by atoms with Crippen LogP contribution in [-0.4, -0.2) is 35.0 Å². The molecule has 2 unspecified atom stereocenters. The van der Waals surface area contributed by atoms with Gasteiger partial charge in [-0.05, 0) is 18.8 Å². The van der Waals surface area contributed by atoms with E-state index >= 15 is 0 Å². The maximum Gasteiger partial charge on any atom is 0.239 e. The molecule has 2 fully saturated rings. The predicted octanol–water partition coefficient (Wildman–Crippen LogP) is 0.520. The van der Waals surface area contributed by atoms with E-state index in [-0.39, 0.29) is 11.9 Å². The summed E-state index contributed by atoms with van der Waals surface area (Å²) in [5.74, 6) is 6.99.